The molecule has 36 heavy (non-hydrogen) atoms. The Morgan fingerprint density at radius 3 is 2.14 bits per heavy atom. The second-order valence-corrected chi connectivity index (χ2v) is 9.68. The van der Waals surface area contributed by atoms with E-state index in [0.717, 1.165) is 48.0 Å². The number of halogens is 1. The van der Waals surface area contributed by atoms with E-state index in [2.05, 4.69) is 97.2 Å². The molecule has 0 bridgehead atoms. The van der Waals surface area contributed by atoms with Crippen LogP contribution in [0.15, 0.2) is 78.2 Å². The zero-order valence-electron chi connectivity index (χ0n) is 25.0. The molecule has 0 aromatic heterocycles. The summed E-state index contributed by atoms with van der Waals surface area (Å²) in [6, 6.07) is 6.35. The first kappa shape index (κ1) is 33.6. The van der Waals surface area contributed by atoms with Crippen molar-refractivity contribution in [2.24, 2.45) is 5.92 Å². The van der Waals surface area contributed by atoms with Crippen molar-refractivity contribution < 1.29 is 4.39 Å². The largest absolute Gasteiger partial charge is 0.207 e. The van der Waals surface area contributed by atoms with Gasteiger partial charge in [-0.1, -0.05) is 117 Å². The molecule has 0 N–H and O–H groups in total. The van der Waals surface area contributed by atoms with Crippen LogP contribution in [0.1, 0.15) is 118 Å². The molecule has 0 nitrogen and oxygen atoms in total. The van der Waals surface area contributed by atoms with Gasteiger partial charge >= 0.3 is 0 Å². The molecule has 0 saturated carbocycles. The molecule has 1 unspecified atom stereocenters. The van der Waals surface area contributed by atoms with Crippen LogP contribution in [0, 0.1) is 5.92 Å². The molecule has 3 rings (SSSR count). The van der Waals surface area contributed by atoms with Crippen molar-refractivity contribution in [3.05, 3.63) is 94.9 Å². The first-order valence-electron chi connectivity index (χ1n) is 14.0. The van der Waals surface area contributed by atoms with Crippen LogP contribution in [-0.4, -0.2) is 0 Å². The third-order valence-corrected chi connectivity index (χ3v) is 6.30. The van der Waals surface area contributed by atoms with Crippen LogP contribution in [0.3, 0.4) is 0 Å². The molecule has 1 atom stereocenters. The lowest BCUT2D eigenvalue weighted by molar-refractivity contribution is 0.486. The van der Waals surface area contributed by atoms with E-state index in [1.54, 1.807) is 0 Å². The maximum atomic E-state index is 15.4. The molecule has 0 aliphatic heterocycles. The van der Waals surface area contributed by atoms with E-state index in [9.17, 15) is 0 Å². The Kier molecular flexibility index (Phi) is 16.0. The van der Waals surface area contributed by atoms with E-state index < -0.39 is 0 Å². The molecule has 0 radical (unpaired) electrons. The number of allylic oxidation sites excluding steroid dienone is 9. The molecule has 200 valence electrons. The second-order valence-electron chi connectivity index (χ2n) is 9.68. The summed E-state index contributed by atoms with van der Waals surface area (Å²) in [5.74, 6) is 0.273. The highest BCUT2D eigenvalue weighted by Crippen LogP contribution is 2.55. The van der Waals surface area contributed by atoms with E-state index >= 15 is 4.39 Å². The maximum absolute atomic E-state index is 15.4. The van der Waals surface area contributed by atoms with Crippen LogP contribution in [0.4, 0.5) is 4.39 Å². The van der Waals surface area contributed by atoms with Gasteiger partial charge in [0.1, 0.15) is 5.83 Å². The van der Waals surface area contributed by atoms with Crippen molar-refractivity contribution in [3.63, 3.8) is 0 Å². The minimum Gasteiger partial charge on any atom is -0.207 e. The fourth-order valence-electron chi connectivity index (χ4n) is 4.75. The fourth-order valence-corrected chi connectivity index (χ4v) is 4.75. The van der Waals surface area contributed by atoms with Gasteiger partial charge in [0.05, 0.1) is 0 Å². The molecule has 0 heterocycles. The molecule has 0 fully saturated rings. The van der Waals surface area contributed by atoms with Gasteiger partial charge in [0.25, 0.3) is 0 Å². The summed E-state index contributed by atoms with van der Waals surface area (Å²) in [4.78, 5) is 0. The topological polar surface area (TPSA) is 0 Å². The molecule has 1 heteroatoms. The van der Waals surface area contributed by atoms with Crippen LogP contribution in [0.25, 0.3) is 11.6 Å². The summed E-state index contributed by atoms with van der Waals surface area (Å²) in [6.07, 6.45) is 15.6. The minimum atomic E-state index is -0.373. The average Bonchev–Trinajstić information content (AvgIpc) is 2.86. The summed E-state index contributed by atoms with van der Waals surface area (Å²) < 4.78 is 15.4. The molecule has 1 aromatic carbocycles. The van der Waals surface area contributed by atoms with Gasteiger partial charge < -0.3 is 0 Å². The number of fused-ring (bicyclic) bond motifs is 1. The monoisotopic (exact) mass is 492 g/mol. The van der Waals surface area contributed by atoms with Gasteiger partial charge in [-0.3, -0.25) is 0 Å². The van der Waals surface area contributed by atoms with Crippen molar-refractivity contribution in [2.75, 3.05) is 0 Å². The summed E-state index contributed by atoms with van der Waals surface area (Å²) >= 11 is 0. The van der Waals surface area contributed by atoms with Crippen molar-refractivity contribution in [3.8, 4) is 0 Å². The van der Waals surface area contributed by atoms with Gasteiger partial charge in [-0.15, -0.1) is 6.58 Å². The maximum Gasteiger partial charge on any atom is 0.126 e. The molecule has 0 amide bonds. The first-order valence-corrected chi connectivity index (χ1v) is 14.0. The third-order valence-electron chi connectivity index (χ3n) is 6.30. The molecule has 0 saturated heterocycles. The molecule has 0 spiro atoms. The number of hydrogen-bond acceptors (Lipinski definition) is 0. The molecular weight excluding hydrogens is 439 g/mol. The van der Waals surface area contributed by atoms with E-state index in [1.807, 2.05) is 33.8 Å². The highest BCUT2D eigenvalue weighted by molar-refractivity contribution is 5.90. The van der Waals surface area contributed by atoms with Crippen LogP contribution in [0.5, 0.6) is 0 Å². The molecule has 1 aromatic rings. The van der Waals surface area contributed by atoms with Crippen molar-refractivity contribution >= 4 is 11.6 Å². The van der Waals surface area contributed by atoms with E-state index in [4.69, 9.17) is 0 Å². The zero-order valence-corrected chi connectivity index (χ0v) is 25.0. The lowest BCUT2D eigenvalue weighted by Crippen LogP contribution is -2.32. The molecule has 2 aliphatic rings. The minimum absolute atomic E-state index is 0.0195. The van der Waals surface area contributed by atoms with Crippen molar-refractivity contribution in [1.82, 2.24) is 0 Å². The Bertz CT molecular complexity index is 962. The van der Waals surface area contributed by atoms with Crippen molar-refractivity contribution in [2.45, 2.75) is 107 Å². The second kappa shape index (κ2) is 17.1. The lowest BCUT2D eigenvalue weighted by atomic mass is 9.61. The Balaban J connectivity index is 0.00000119. The molecular formula is C35H53F. The Morgan fingerprint density at radius 1 is 1.06 bits per heavy atom. The number of hydrogen-bond donors (Lipinski definition) is 0. The van der Waals surface area contributed by atoms with E-state index in [0.29, 0.717) is 5.92 Å². The summed E-state index contributed by atoms with van der Waals surface area (Å²) in [6.45, 7) is 28.7. The van der Waals surface area contributed by atoms with Gasteiger partial charge in [-0.05, 0) is 78.9 Å². The smallest absolute Gasteiger partial charge is 0.126 e. The van der Waals surface area contributed by atoms with Crippen molar-refractivity contribution in [1.29, 1.82) is 0 Å². The summed E-state index contributed by atoms with van der Waals surface area (Å²) in [5.41, 5.74) is 7.04. The zero-order chi connectivity index (χ0) is 27.9. The summed E-state index contributed by atoms with van der Waals surface area (Å²) in [5, 5.41) is 0. The highest BCUT2D eigenvalue weighted by atomic mass is 19.1. The van der Waals surface area contributed by atoms with Gasteiger partial charge in [0, 0.05) is 11.0 Å². The fraction of sp³-hybridized carbons (Fsp3) is 0.486. The average molecular weight is 493 g/mol. The van der Waals surface area contributed by atoms with Gasteiger partial charge in [0.15, 0.2) is 0 Å². The first-order chi connectivity index (χ1) is 17.2. The highest BCUT2D eigenvalue weighted by Gasteiger charge is 2.43. The quantitative estimate of drug-likeness (QED) is 0.358. The van der Waals surface area contributed by atoms with E-state index in [1.165, 1.54) is 23.1 Å². The van der Waals surface area contributed by atoms with Crippen LogP contribution in [0.2, 0.25) is 0 Å². The van der Waals surface area contributed by atoms with Gasteiger partial charge in [-0.2, -0.15) is 0 Å². The number of benzene rings is 1. The van der Waals surface area contributed by atoms with E-state index in [-0.39, 0.29) is 11.2 Å². The number of rotatable bonds is 5. The Labute approximate surface area is 223 Å². The summed E-state index contributed by atoms with van der Waals surface area (Å²) in [7, 11) is 0. The predicted molar refractivity (Wildman–Crippen MR) is 164 cm³/mol. The Hall–Kier alpha value is -2.41. The molecule has 2 aliphatic carbocycles. The van der Waals surface area contributed by atoms with Crippen LogP contribution < -0.4 is 0 Å². The van der Waals surface area contributed by atoms with Gasteiger partial charge in [-0.25, -0.2) is 4.39 Å². The van der Waals surface area contributed by atoms with Crippen LogP contribution >= 0.6 is 0 Å². The van der Waals surface area contributed by atoms with Crippen LogP contribution in [-0.2, 0) is 5.41 Å². The van der Waals surface area contributed by atoms with Gasteiger partial charge in [0.2, 0.25) is 0 Å². The predicted octanol–water partition coefficient (Wildman–Crippen LogP) is 12.0. The SMILES string of the molecule is C=C1C2=C(C(F)=C(C)CC2CC=CCC)C(C)(C)c2cccc(/C=C\C)c21.C=CCC.CC.CCC. The normalized spacial score (nSPS) is 17.9. The lowest BCUT2D eigenvalue weighted by Gasteiger charge is -2.43. The Morgan fingerprint density at radius 2 is 1.64 bits per heavy atom. The third kappa shape index (κ3) is 8.05. The standard InChI is InChI=1S/C26H31F.C4H8.C3H8.C2H6/c1-7-9-10-13-20-16-17(3)25(27)24-23(20)18(4)22-19(12-8-2)14-11-15-21(22)26(24,5)6;1-3-4-2;1-3-2;1-2/h8-12,14-15,20H,4,7,13,16H2,1-3,5-6H3;3H,1,4H2,2H3;3H2,1-2H3;1-2H3/b10-9?,12-8-;;;.